The van der Waals surface area contributed by atoms with Gasteiger partial charge in [0.25, 0.3) is 5.69 Å². The van der Waals surface area contributed by atoms with Gasteiger partial charge in [0.15, 0.2) is 0 Å². The largest absolute Gasteiger partial charge is 0.316 e. The van der Waals surface area contributed by atoms with Crippen LogP contribution in [0.4, 0.5) is 5.69 Å². The first-order chi connectivity index (χ1) is 9.09. The van der Waals surface area contributed by atoms with Gasteiger partial charge in [-0.2, -0.15) is 0 Å². The fourth-order valence-electron chi connectivity index (χ4n) is 1.82. The summed E-state index contributed by atoms with van der Waals surface area (Å²) in [5.74, 6) is 0. The zero-order valence-corrected chi connectivity index (χ0v) is 11.8. The zero-order chi connectivity index (χ0) is 14.1. The summed E-state index contributed by atoms with van der Waals surface area (Å²) >= 11 is 0. The van der Waals surface area contributed by atoms with Crippen molar-refractivity contribution in [3.63, 3.8) is 0 Å². The average molecular weight is 265 g/mol. The number of nitrogens with one attached hydrogen (secondary N) is 1. The van der Waals surface area contributed by atoms with E-state index in [9.17, 15) is 10.1 Å². The number of non-ortho nitro benzene ring substituents is 1. The molecular formula is C14H23N3O2. The molecule has 0 aliphatic heterocycles. The standard InChI is InChI=1S/C14H23N3O2/c1-16(2)12-4-3-10-15-11-9-13-5-7-14(8-6-13)17(18)19/h5-8,15H,3-4,9-12H2,1-2H3. The Morgan fingerprint density at radius 1 is 1.16 bits per heavy atom. The number of nitrogens with zero attached hydrogens (tertiary/aromatic N) is 2. The molecule has 0 radical (unpaired) electrons. The molecule has 0 unspecified atom stereocenters. The van der Waals surface area contributed by atoms with Gasteiger partial charge in [0.05, 0.1) is 4.92 Å². The number of benzene rings is 1. The Morgan fingerprint density at radius 2 is 1.84 bits per heavy atom. The van der Waals surface area contributed by atoms with E-state index in [1.807, 2.05) is 12.1 Å². The molecule has 0 saturated heterocycles. The Labute approximate surface area is 114 Å². The molecule has 0 atom stereocenters. The maximum Gasteiger partial charge on any atom is 0.269 e. The van der Waals surface area contributed by atoms with Gasteiger partial charge in [0, 0.05) is 12.1 Å². The Bertz CT molecular complexity index is 377. The van der Waals surface area contributed by atoms with Crippen LogP contribution in [0.5, 0.6) is 0 Å². The molecule has 0 heterocycles. The van der Waals surface area contributed by atoms with Gasteiger partial charge in [-0.05, 0) is 58.6 Å². The fraction of sp³-hybridized carbons (Fsp3) is 0.571. The minimum Gasteiger partial charge on any atom is -0.316 e. The smallest absolute Gasteiger partial charge is 0.269 e. The lowest BCUT2D eigenvalue weighted by molar-refractivity contribution is -0.384. The van der Waals surface area contributed by atoms with Gasteiger partial charge in [-0.15, -0.1) is 0 Å². The fourth-order valence-corrected chi connectivity index (χ4v) is 1.82. The third-order valence-corrected chi connectivity index (χ3v) is 2.95. The van der Waals surface area contributed by atoms with Gasteiger partial charge in [-0.3, -0.25) is 10.1 Å². The van der Waals surface area contributed by atoms with Crippen LogP contribution in [0.2, 0.25) is 0 Å². The molecule has 0 saturated carbocycles. The SMILES string of the molecule is CN(C)CCCCNCCc1ccc([N+](=O)[O-])cc1. The van der Waals surface area contributed by atoms with Crippen LogP contribution in [0.1, 0.15) is 18.4 Å². The van der Waals surface area contributed by atoms with E-state index in [0.29, 0.717) is 0 Å². The van der Waals surface area contributed by atoms with Crippen molar-refractivity contribution in [3.05, 3.63) is 39.9 Å². The summed E-state index contributed by atoms with van der Waals surface area (Å²) in [5, 5.41) is 13.9. The summed E-state index contributed by atoms with van der Waals surface area (Å²) < 4.78 is 0. The van der Waals surface area contributed by atoms with E-state index < -0.39 is 0 Å². The van der Waals surface area contributed by atoms with Crippen LogP contribution < -0.4 is 5.32 Å². The third kappa shape index (κ3) is 6.88. The first-order valence-corrected chi connectivity index (χ1v) is 6.68. The van der Waals surface area contributed by atoms with E-state index in [-0.39, 0.29) is 10.6 Å². The molecular weight excluding hydrogens is 242 g/mol. The van der Waals surface area contributed by atoms with E-state index in [1.54, 1.807) is 12.1 Å². The van der Waals surface area contributed by atoms with Crippen LogP contribution in [0.15, 0.2) is 24.3 Å². The molecule has 1 rings (SSSR count). The molecule has 1 aromatic carbocycles. The number of unbranched alkanes of at least 4 members (excludes halogenated alkanes) is 1. The van der Waals surface area contributed by atoms with Crippen molar-refractivity contribution in [3.8, 4) is 0 Å². The number of nitro groups is 1. The molecule has 1 aromatic rings. The predicted octanol–water partition coefficient (Wildman–Crippen LogP) is 2.07. The second-order valence-electron chi connectivity index (χ2n) is 4.93. The van der Waals surface area contributed by atoms with Crippen LogP contribution in [0.3, 0.4) is 0 Å². The van der Waals surface area contributed by atoms with Crippen molar-refractivity contribution in [1.29, 1.82) is 0 Å². The second-order valence-corrected chi connectivity index (χ2v) is 4.93. The van der Waals surface area contributed by atoms with E-state index >= 15 is 0 Å². The Balaban J connectivity index is 2.11. The maximum absolute atomic E-state index is 10.5. The summed E-state index contributed by atoms with van der Waals surface area (Å²) in [6.45, 7) is 3.07. The first kappa shape index (κ1) is 15.6. The van der Waals surface area contributed by atoms with E-state index in [0.717, 1.165) is 31.6 Å². The van der Waals surface area contributed by atoms with E-state index in [1.165, 1.54) is 12.8 Å². The number of nitro benzene ring substituents is 1. The molecule has 0 aromatic heterocycles. The highest BCUT2D eigenvalue weighted by Gasteiger charge is 2.03. The Kier molecular flexibility index (Phi) is 7.07. The number of hydrogen-bond donors (Lipinski definition) is 1. The molecule has 5 nitrogen and oxygen atoms in total. The Morgan fingerprint density at radius 3 is 2.42 bits per heavy atom. The highest BCUT2D eigenvalue weighted by Crippen LogP contribution is 2.11. The molecule has 5 heteroatoms. The van der Waals surface area contributed by atoms with Crippen molar-refractivity contribution in [2.75, 3.05) is 33.7 Å². The van der Waals surface area contributed by atoms with Gasteiger partial charge in [0.1, 0.15) is 0 Å². The summed E-state index contributed by atoms with van der Waals surface area (Å²) in [6.07, 6.45) is 3.29. The van der Waals surface area contributed by atoms with Crippen molar-refractivity contribution in [2.45, 2.75) is 19.3 Å². The van der Waals surface area contributed by atoms with E-state index in [2.05, 4.69) is 24.3 Å². The lowest BCUT2D eigenvalue weighted by Crippen LogP contribution is -2.20. The number of rotatable bonds is 9. The molecule has 0 bridgehead atoms. The number of hydrogen-bond acceptors (Lipinski definition) is 4. The van der Waals surface area contributed by atoms with Crippen LogP contribution >= 0.6 is 0 Å². The quantitative estimate of drug-likeness (QED) is 0.422. The molecule has 1 N–H and O–H groups in total. The first-order valence-electron chi connectivity index (χ1n) is 6.68. The van der Waals surface area contributed by atoms with Crippen molar-refractivity contribution in [1.82, 2.24) is 10.2 Å². The van der Waals surface area contributed by atoms with Gasteiger partial charge in [0.2, 0.25) is 0 Å². The normalized spacial score (nSPS) is 10.9. The topological polar surface area (TPSA) is 58.4 Å². The molecule has 106 valence electrons. The van der Waals surface area contributed by atoms with Gasteiger partial charge < -0.3 is 10.2 Å². The summed E-state index contributed by atoms with van der Waals surface area (Å²) in [4.78, 5) is 12.3. The minimum atomic E-state index is -0.368. The van der Waals surface area contributed by atoms with Crippen molar-refractivity contribution in [2.24, 2.45) is 0 Å². The maximum atomic E-state index is 10.5. The molecule has 19 heavy (non-hydrogen) atoms. The second kappa shape index (κ2) is 8.61. The highest BCUT2D eigenvalue weighted by molar-refractivity contribution is 5.32. The molecule has 0 spiro atoms. The van der Waals surface area contributed by atoms with Gasteiger partial charge >= 0.3 is 0 Å². The monoisotopic (exact) mass is 265 g/mol. The summed E-state index contributed by atoms with van der Waals surface area (Å²) in [5.41, 5.74) is 1.28. The van der Waals surface area contributed by atoms with Crippen LogP contribution in [-0.4, -0.2) is 43.6 Å². The summed E-state index contributed by atoms with van der Waals surface area (Å²) in [7, 11) is 4.17. The van der Waals surface area contributed by atoms with Gasteiger partial charge in [-0.1, -0.05) is 12.1 Å². The zero-order valence-electron chi connectivity index (χ0n) is 11.8. The lowest BCUT2D eigenvalue weighted by Gasteiger charge is -2.09. The summed E-state index contributed by atoms with van der Waals surface area (Å²) in [6, 6.07) is 6.77. The van der Waals surface area contributed by atoms with Crippen LogP contribution in [0, 0.1) is 10.1 Å². The lowest BCUT2D eigenvalue weighted by atomic mass is 10.1. The van der Waals surface area contributed by atoms with Crippen LogP contribution in [0.25, 0.3) is 0 Å². The molecule has 0 aliphatic rings. The predicted molar refractivity (Wildman–Crippen MR) is 77.5 cm³/mol. The molecule has 0 amide bonds. The van der Waals surface area contributed by atoms with Crippen molar-refractivity contribution >= 4 is 5.69 Å². The molecule has 0 aliphatic carbocycles. The van der Waals surface area contributed by atoms with E-state index in [4.69, 9.17) is 0 Å². The van der Waals surface area contributed by atoms with Crippen molar-refractivity contribution < 1.29 is 4.92 Å². The molecule has 0 fully saturated rings. The van der Waals surface area contributed by atoms with Gasteiger partial charge in [-0.25, -0.2) is 0 Å². The highest BCUT2D eigenvalue weighted by atomic mass is 16.6. The van der Waals surface area contributed by atoms with Crippen LogP contribution in [-0.2, 0) is 6.42 Å². The Hall–Kier alpha value is -1.46. The third-order valence-electron chi connectivity index (χ3n) is 2.95. The minimum absolute atomic E-state index is 0.153. The average Bonchev–Trinajstić information content (AvgIpc) is 2.38.